The van der Waals surface area contributed by atoms with Gasteiger partial charge in [0.25, 0.3) is 0 Å². The molecule has 0 N–H and O–H groups in total. The smallest absolute Gasteiger partial charge is 0.229 e. The molecule has 0 bridgehead atoms. The Labute approximate surface area is 128 Å². The Balaban J connectivity index is 1.68. The van der Waals surface area contributed by atoms with Crippen LogP contribution >= 0.6 is 0 Å². The third kappa shape index (κ3) is 1.52. The van der Waals surface area contributed by atoms with Gasteiger partial charge in [-0.1, -0.05) is 54.6 Å². The molecule has 0 saturated carbocycles. The number of hydrogen-bond acceptors (Lipinski definition) is 1. The van der Waals surface area contributed by atoms with Crippen molar-refractivity contribution in [2.24, 2.45) is 0 Å². The van der Waals surface area contributed by atoms with Gasteiger partial charge >= 0.3 is 0 Å². The normalized spacial score (nSPS) is 20.2. The molecule has 2 heteroatoms. The van der Waals surface area contributed by atoms with Crippen LogP contribution in [0.5, 0.6) is 0 Å². The molecule has 2 aliphatic rings. The van der Waals surface area contributed by atoms with Crippen LogP contribution in [0.15, 0.2) is 60.7 Å². The molecule has 2 aliphatic heterocycles. The van der Waals surface area contributed by atoms with E-state index < -0.39 is 0 Å². The lowest BCUT2D eigenvalue weighted by Gasteiger charge is -2.37. The van der Waals surface area contributed by atoms with Crippen LogP contribution in [0.2, 0.25) is 0 Å². The number of carbonyl (C=O) groups is 1. The lowest BCUT2D eigenvalue weighted by atomic mass is 9.98. The van der Waals surface area contributed by atoms with E-state index >= 15 is 0 Å². The van der Waals surface area contributed by atoms with Gasteiger partial charge in [0.1, 0.15) is 0 Å². The lowest BCUT2D eigenvalue weighted by molar-refractivity contribution is -0.139. The monoisotopic (exact) mass is 285 g/mol. The van der Waals surface area contributed by atoms with E-state index in [4.69, 9.17) is 0 Å². The topological polar surface area (TPSA) is 20.3 Å². The minimum atomic E-state index is 0.257. The molecule has 1 amide bonds. The molecule has 3 aromatic carbocycles. The van der Waals surface area contributed by atoms with Gasteiger partial charge in [0.05, 0.1) is 0 Å². The van der Waals surface area contributed by atoms with Crippen molar-refractivity contribution in [3.05, 3.63) is 66.2 Å². The highest BCUT2D eigenvalue weighted by atomic mass is 16.2. The van der Waals surface area contributed by atoms with Crippen LogP contribution in [0.3, 0.4) is 0 Å². The zero-order chi connectivity index (χ0) is 14.7. The fraction of sp³-hybridized carbons (Fsp3) is 0.150. The number of fused-ring (bicyclic) bond motifs is 4. The van der Waals surface area contributed by atoms with Crippen LogP contribution < -0.4 is 0 Å². The zero-order valence-corrected chi connectivity index (χ0v) is 12.1. The Bertz CT molecular complexity index is 970. The Morgan fingerprint density at radius 3 is 2.64 bits per heavy atom. The molecule has 0 aliphatic carbocycles. The largest absolute Gasteiger partial charge is 0.308 e. The first-order valence-electron chi connectivity index (χ1n) is 7.75. The highest BCUT2D eigenvalue weighted by molar-refractivity contribution is 6.08. The first-order valence-corrected chi connectivity index (χ1v) is 7.75. The molecule has 5 rings (SSSR count). The van der Waals surface area contributed by atoms with Gasteiger partial charge in [0.2, 0.25) is 5.91 Å². The molecule has 3 aromatic rings. The minimum absolute atomic E-state index is 0.257. The Morgan fingerprint density at radius 1 is 0.909 bits per heavy atom. The van der Waals surface area contributed by atoms with E-state index in [9.17, 15) is 4.79 Å². The van der Waals surface area contributed by atoms with Crippen LogP contribution in [0.25, 0.3) is 27.2 Å². The molecular weight excluding hydrogens is 270 g/mol. The summed E-state index contributed by atoms with van der Waals surface area (Å²) in [7, 11) is 0. The lowest BCUT2D eigenvalue weighted by Crippen LogP contribution is -2.47. The van der Waals surface area contributed by atoms with E-state index in [0.717, 1.165) is 17.7 Å². The summed E-state index contributed by atoms with van der Waals surface area (Å²) in [5, 5.41) is 5.05. The van der Waals surface area contributed by atoms with Gasteiger partial charge in [-0.3, -0.25) is 4.79 Å². The second kappa shape index (κ2) is 4.20. The molecule has 1 fully saturated rings. The number of benzene rings is 3. The second-order valence-electron chi connectivity index (χ2n) is 6.17. The first kappa shape index (κ1) is 12.0. The SMILES string of the molecule is O=C1C[C@H]2CC=C(c3ccc4c(ccc5ccccc54)c3)N12. The number of β-lactam (4-membered cyclic amide) rings is 1. The summed E-state index contributed by atoms with van der Waals surface area (Å²) < 4.78 is 0. The average Bonchev–Trinajstić information content (AvgIpc) is 2.91. The standard InChI is InChI=1S/C20H15NO/c22-20-12-16-8-10-19(21(16)20)15-7-9-18-14(11-15)6-5-13-3-1-2-4-17(13)18/h1-7,9-11,16H,8,12H2/t16-/m1/s1. The maximum absolute atomic E-state index is 11.8. The fourth-order valence-electron chi connectivity index (χ4n) is 3.78. The van der Waals surface area contributed by atoms with Crippen molar-refractivity contribution in [3.8, 4) is 0 Å². The number of rotatable bonds is 1. The van der Waals surface area contributed by atoms with Crippen molar-refractivity contribution in [2.45, 2.75) is 18.9 Å². The molecular formula is C20H15NO. The molecule has 106 valence electrons. The number of amides is 1. The molecule has 0 aromatic heterocycles. The quantitative estimate of drug-likeness (QED) is 0.481. The minimum Gasteiger partial charge on any atom is -0.308 e. The van der Waals surface area contributed by atoms with E-state index in [-0.39, 0.29) is 5.91 Å². The Hall–Kier alpha value is -2.61. The molecule has 0 radical (unpaired) electrons. The second-order valence-corrected chi connectivity index (χ2v) is 6.17. The van der Waals surface area contributed by atoms with Gasteiger partial charge in [-0.25, -0.2) is 0 Å². The molecule has 2 nitrogen and oxygen atoms in total. The van der Waals surface area contributed by atoms with Crippen molar-refractivity contribution in [3.63, 3.8) is 0 Å². The number of hydrogen-bond donors (Lipinski definition) is 0. The molecule has 0 unspecified atom stereocenters. The van der Waals surface area contributed by atoms with E-state index in [1.807, 2.05) is 4.90 Å². The van der Waals surface area contributed by atoms with Crippen molar-refractivity contribution < 1.29 is 4.79 Å². The third-order valence-electron chi connectivity index (χ3n) is 4.93. The molecule has 1 atom stereocenters. The van der Waals surface area contributed by atoms with Crippen molar-refractivity contribution >= 4 is 33.1 Å². The van der Waals surface area contributed by atoms with Crippen LogP contribution in [-0.4, -0.2) is 16.8 Å². The Kier molecular flexibility index (Phi) is 2.29. The van der Waals surface area contributed by atoms with E-state index in [1.165, 1.54) is 21.5 Å². The molecule has 0 spiro atoms. The van der Waals surface area contributed by atoms with Crippen LogP contribution in [-0.2, 0) is 4.79 Å². The van der Waals surface area contributed by atoms with Crippen molar-refractivity contribution in [1.29, 1.82) is 0 Å². The summed E-state index contributed by atoms with van der Waals surface area (Å²) in [4.78, 5) is 13.8. The Morgan fingerprint density at radius 2 is 1.73 bits per heavy atom. The van der Waals surface area contributed by atoms with Gasteiger partial charge in [-0.05, 0) is 39.6 Å². The third-order valence-corrected chi connectivity index (χ3v) is 4.93. The average molecular weight is 285 g/mol. The van der Waals surface area contributed by atoms with Crippen LogP contribution in [0.1, 0.15) is 18.4 Å². The summed E-state index contributed by atoms with van der Waals surface area (Å²) >= 11 is 0. The predicted molar refractivity (Wildman–Crippen MR) is 89.3 cm³/mol. The summed E-state index contributed by atoms with van der Waals surface area (Å²) in [5.74, 6) is 0.257. The highest BCUT2D eigenvalue weighted by Gasteiger charge is 2.41. The molecule has 1 saturated heterocycles. The van der Waals surface area contributed by atoms with E-state index in [1.54, 1.807) is 0 Å². The fourth-order valence-corrected chi connectivity index (χ4v) is 3.78. The van der Waals surface area contributed by atoms with Gasteiger partial charge < -0.3 is 4.90 Å². The van der Waals surface area contributed by atoms with Gasteiger partial charge in [0, 0.05) is 18.2 Å². The van der Waals surface area contributed by atoms with Crippen LogP contribution in [0.4, 0.5) is 0 Å². The maximum Gasteiger partial charge on any atom is 0.229 e. The summed E-state index contributed by atoms with van der Waals surface area (Å²) in [6.07, 6.45) is 3.91. The van der Waals surface area contributed by atoms with Crippen molar-refractivity contribution in [1.82, 2.24) is 4.90 Å². The summed E-state index contributed by atoms with van der Waals surface area (Å²) in [5.41, 5.74) is 2.25. The van der Waals surface area contributed by atoms with Gasteiger partial charge in [-0.15, -0.1) is 0 Å². The van der Waals surface area contributed by atoms with Crippen molar-refractivity contribution in [2.75, 3.05) is 0 Å². The highest BCUT2D eigenvalue weighted by Crippen LogP contribution is 2.39. The number of carbonyl (C=O) groups excluding carboxylic acids is 1. The predicted octanol–water partition coefficient (Wildman–Crippen LogP) is 4.34. The summed E-state index contributed by atoms with van der Waals surface area (Å²) in [6, 6.07) is 19.8. The van der Waals surface area contributed by atoms with E-state index in [0.29, 0.717) is 12.5 Å². The molecule has 22 heavy (non-hydrogen) atoms. The van der Waals surface area contributed by atoms with E-state index in [2.05, 4.69) is 60.7 Å². The van der Waals surface area contributed by atoms with Crippen LogP contribution in [0, 0.1) is 0 Å². The zero-order valence-electron chi connectivity index (χ0n) is 12.1. The molecule has 2 heterocycles. The maximum atomic E-state index is 11.8. The first-order chi connectivity index (χ1) is 10.8. The number of nitrogens with zero attached hydrogens (tertiary/aromatic N) is 1. The van der Waals surface area contributed by atoms with Gasteiger partial charge in [0.15, 0.2) is 0 Å². The van der Waals surface area contributed by atoms with Gasteiger partial charge in [-0.2, -0.15) is 0 Å². The summed E-state index contributed by atoms with van der Waals surface area (Å²) in [6.45, 7) is 0.